The van der Waals surface area contributed by atoms with E-state index in [9.17, 15) is 5.11 Å². The fourth-order valence-electron chi connectivity index (χ4n) is 0.845. The van der Waals surface area contributed by atoms with E-state index in [0.29, 0.717) is 0 Å². The van der Waals surface area contributed by atoms with E-state index in [1.807, 2.05) is 44.2 Å². The van der Waals surface area contributed by atoms with E-state index in [-0.39, 0.29) is 5.92 Å². The molecule has 0 unspecified atom stereocenters. The van der Waals surface area contributed by atoms with Crippen molar-refractivity contribution < 1.29 is 5.11 Å². The molecule has 1 nitrogen and oxygen atoms in total. The molecule has 0 heterocycles. The third-order valence-electron chi connectivity index (χ3n) is 1.77. The molecular formula is C12H14O. The number of benzene rings is 1. The largest absolute Gasteiger partial charge is 0.380 e. The van der Waals surface area contributed by atoms with Gasteiger partial charge in [-0.3, -0.25) is 0 Å². The van der Waals surface area contributed by atoms with Crippen LogP contribution in [0.2, 0.25) is 0 Å². The average molecular weight is 174 g/mol. The molecule has 68 valence electrons. The number of hydrogen-bond acceptors (Lipinski definition) is 1. The Morgan fingerprint density at radius 1 is 1.15 bits per heavy atom. The molecule has 13 heavy (non-hydrogen) atoms. The van der Waals surface area contributed by atoms with Gasteiger partial charge in [-0.1, -0.05) is 43.9 Å². The number of aliphatic hydroxyl groups excluding tert-OH is 1. The van der Waals surface area contributed by atoms with Crippen molar-refractivity contribution in [3.63, 3.8) is 0 Å². The molecule has 1 aromatic carbocycles. The fraction of sp³-hybridized carbons (Fsp3) is 0.333. The Hall–Kier alpha value is -1.26. The summed E-state index contributed by atoms with van der Waals surface area (Å²) >= 11 is 0. The topological polar surface area (TPSA) is 20.2 Å². The van der Waals surface area contributed by atoms with Gasteiger partial charge in [0.15, 0.2) is 0 Å². The first-order chi connectivity index (χ1) is 6.20. The third kappa shape index (κ3) is 3.31. The lowest BCUT2D eigenvalue weighted by atomic mass is 10.1. The Kier molecular flexibility index (Phi) is 3.54. The van der Waals surface area contributed by atoms with Crippen LogP contribution in [-0.2, 0) is 0 Å². The average Bonchev–Trinajstić information content (AvgIpc) is 2.15. The van der Waals surface area contributed by atoms with E-state index < -0.39 is 6.10 Å². The predicted molar refractivity (Wildman–Crippen MR) is 54.2 cm³/mol. The molecule has 0 aliphatic carbocycles. The predicted octanol–water partition coefficient (Wildman–Crippen LogP) is 2.05. The Labute approximate surface area is 79.4 Å². The zero-order chi connectivity index (χ0) is 9.68. The molecule has 0 saturated carbocycles. The van der Waals surface area contributed by atoms with Crippen LogP contribution in [0.1, 0.15) is 19.4 Å². The highest BCUT2D eigenvalue weighted by atomic mass is 16.3. The van der Waals surface area contributed by atoms with Gasteiger partial charge in [0, 0.05) is 5.56 Å². The first-order valence-electron chi connectivity index (χ1n) is 4.45. The van der Waals surface area contributed by atoms with Crippen molar-refractivity contribution in [2.24, 2.45) is 5.92 Å². The van der Waals surface area contributed by atoms with Crippen molar-refractivity contribution in [3.8, 4) is 11.8 Å². The standard InChI is InChI=1S/C12H14O/c1-10(2)12(13)9-8-11-6-4-3-5-7-11/h3-7,10,12-13H,1-2H3/t12-/m1/s1. The van der Waals surface area contributed by atoms with Crippen molar-refractivity contribution in [1.82, 2.24) is 0 Å². The second-order valence-corrected chi connectivity index (χ2v) is 3.32. The summed E-state index contributed by atoms with van der Waals surface area (Å²) in [6, 6.07) is 9.68. The lowest BCUT2D eigenvalue weighted by molar-refractivity contribution is 0.181. The normalized spacial score (nSPS) is 12.0. The van der Waals surface area contributed by atoms with Crippen molar-refractivity contribution >= 4 is 0 Å². The van der Waals surface area contributed by atoms with Gasteiger partial charge < -0.3 is 5.11 Å². The molecule has 0 aliphatic rings. The van der Waals surface area contributed by atoms with E-state index in [2.05, 4.69) is 11.8 Å². The van der Waals surface area contributed by atoms with Crippen LogP contribution in [-0.4, -0.2) is 11.2 Å². The second-order valence-electron chi connectivity index (χ2n) is 3.32. The van der Waals surface area contributed by atoms with Crippen molar-refractivity contribution in [1.29, 1.82) is 0 Å². The number of hydrogen-bond donors (Lipinski definition) is 1. The van der Waals surface area contributed by atoms with Gasteiger partial charge in [0.25, 0.3) is 0 Å². The minimum absolute atomic E-state index is 0.191. The minimum atomic E-state index is -0.528. The summed E-state index contributed by atoms with van der Waals surface area (Å²) in [6.07, 6.45) is -0.528. The zero-order valence-electron chi connectivity index (χ0n) is 7.99. The van der Waals surface area contributed by atoms with Gasteiger partial charge in [0.05, 0.1) is 0 Å². The van der Waals surface area contributed by atoms with Crippen LogP contribution in [0.4, 0.5) is 0 Å². The van der Waals surface area contributed by atoms with Crippen LogP contribution in [0.5, 0.6) is 0 Å². The molecule has 1 rings (SSSR count). The Bertz CT molecular complexity index is 303. The second kappa shape index (κ2) is 4.69. The Balaban J connectivity index is 2.68. The summed E-state index contributed by atoms with van der Waals surface area (Å²) in [7, 11) is 0. The van der Waals surface area contributed by atoms with Crippen LogP contribution in [0.3, 0.4) is 0 Å². The smallest absolute Gasteiger partial charge is 0.117 e. The van der Waals surface area contributed by atoms with E-state index in [0.717, 1.165) is 5.56 Å². The first kappa shape index (κ1) is 9.83. The van der Waals surface area contributed by atoms with Gasteiger partial charge in [0.2, 0.25) is 0 Å². The summed E-state index contributed by atoms with van der Waals surface area (Å²) in [5, 5.41) is 9.41. The first-order valence-corrected chi connectivity index (χ1v) is 4.45. The molecule has 1 aromatic rings. The summed E-state index contributed by atoms with van der Waals surface area (Å²) in [4.78, 5) is 0. The molecule has 0 aromatic heterocycles. The van der Waals surface area contributed by atoms with Crippen LogP contribution < -0.4 is 0 Å². The molecule has 0 amide bonds. The van der Waals surface area contributed by atoms with Crippen LogP contribution in [0, 0.1) is 17.8 Å². The zero-order valence-corrected chi connectivity index (χ0v) is 7.99. The molecule has 0 fully saturated rings. The molecule has 1 heteroatoms. The minimum Gasteiger partial charge on any atom is -0.380 e. The Morgan fingerprint density at radius 3 is 2.31 bits per heavy atom. The number of rotatable bonds is 1. The fourth-order valence-corrected chi connectivity index (χ4v) is 0.845. The highest BCUT2D eigenvalue weighted by Crippen LogP contribution is 2.00. The lowest BCUT2D eigenvalue weighted by Crippen LogP contribution is -2.11. The van der Waals surface area contributed by atoms with E-state index in [1.54, 1.807) is 0 Å². The summed E-state index contributed by atoms with van der Waals surface area (Å²) in [5.41, 5.74) is 0.946. The van der Waals surface area contributed by atoms with Gasteiger partial charge in [-0.15, -0.1) is 0 Å². The van der Waals surface area contributed by atoms with Crippen molar-refractivity contribution in [2.45, 2.75) is 20.0 Å². The van der Waals surface area contributed by atoms with E-state index >= 15 is 0 Å². The molecule has 0 saturated heterocycles. The molecule has 1 N–H and O–H groups in total. The molecule has 0 bridgehead atoms. The van der Waals surface area contributed by atoms with Gasteiger partial charge in [0.1, 0.15) is 6.10 Å². The summed E-state index contributed by atoms with van der Waals surface area (Å²) < 4.78 is 0. The monoisotopic (exact) mass is 174 g/mol. The molecule has 1 atom stereocenters. The highest BCUT2D eigenvalue weighted by Gasteiger charge is 2.03. The maximum atomic E-state index is 9.41. The van der Waals surface area contributed by atoms with E-state index in [4.69, 9.17) is 0 Å². The molecule has 0 radical (unpaired) electrons. The molecule has 0 aliphatic heterocycles. The van der Waals surface area contributed by atoms with E-state index in [1.165, 1.54) is 0 Å². The van der Waals surface area contributed by atoms with Gasteiger partial charge >= 0.3 is 0 Å². The maximum absolute atomic E-state index is 9.41. The Morgan fingerprint density at radius 2 is 1.77 bits per heavy atom. The van der Waals surface area contributed by atoms with Gasteiger partial charge in [-0.05, 0) is 18.1 Å². The summed E-state index contributed by atoms with van der Waals surface area (Å²) in [6.45, 7) is 3.90. The van der Waals surface area contributed by atoms with Gasteiger partial charge in [-0.2, -0.15) is 0 Å². The summed E-state index contributed by atoms with van der Waals surface area (Å²) in [5.74, 6) is 5.92. The molecular weight excluding hydrogens is 160 g/mol. The van der Waals surface area contributed by atoms with Crippen LogP contribution >= 0.6 is 0 Å². The molecule has 0 spiro atoms. The third-order valence-corrected chi connectivity index (χ3v) is 1.77. The van der Waals surface area contributed by atoms with Crippen LogP contribution in [0.25, 0.3) is 0 Å². The lowest BCUT2D eigenvalue weighted by Gasteiger charge is -2.05. The SMILES string of the molecule is CC(C)[C@H](O)C#Cc1ccccc1. The van der Waals surface area contributed by atoms with Crippen LogP contribution in [0.15, 0.2) is 30.3 Å². The quantitative estimate of drug-likeness (QED) is 0.646. The highest BCUT2D eigenvalue weighted by molar-refractivity contribution is 5.34. The maximum Gasteiger partial charge on any atom is 0.117 e. The van der Waals surface area contributed by atoms with Crippen molar-refractivity contribution in [2.75, 3.05) is 0 Å². The number of aliphatic hydroxyl groups is 1. The van der Waals surface area contributed by atoms with Crippen molar-refractivity contribution in [3.05, 3.63) is 35.9 Å². The van der Waals surface area contributed by atoms with Gasteiger partial charge in [-0.25, -0.2) is 0 Å².